The predicted molar refractivity (Wildman–Crippen MR) is 142 cm³/mol. The zero-order chi connectivity index (χ0) is 29.4. The Hall–Kier alpha value is -4.49. The molecule has 2 aromatic heterocycles. The maximum atomic E-state index is 13.4. The van der Waals surface area contributed by atoms with Gasteiger partial charge in [0.1, 0.15) is 11.5 Å². The van der Waals surface area contributed by atoms with Crippen molar-refractivity contribution >= 4 is 34.3 Å². The van der Waals surface area contributed by atoms with Gasteiger partial charge >= 0.3 is 12.1 Å². The molecule has 0 spiro atoms. The van der Waals surface area contributed by atoms with Gasteiger partial charge in [-0.3, -0.25) is 4.79 Å². The Balaban J connectivity index is 0.000000559. The summed E-state index contributed by atoms with van der Waals surface area (Å²) in [5.41, 5.74) is 11.7. The first-order chi connectivity index (χ1) is 19.0. The highest BCUT2D eigenvalue weighted by Crippen LogP contribution is 2.34. The molecule has 0 bridgehead atoms. The number of carboxylic acids is 1. The number of benzene rings is 2. The van der Waals surface area contributed by atoms with Gasteiger partial charge in [-0.2, -0.15) is 13.2 Å². The first kappa shape index (κ1) is 30.1. The number of aromatic nitrogens is 2. The summed E-state index contributed by atoms with van der Waals surface area (Å²) in [4.78, 5) is 28.7. The smallest absolute Gasteiger partial charge is 0.475 e. The van der Waals surface area contributed by atoms with Gasteiger partial charge in [0.15, 0.2) is 0 Å². The molecule has 2 heterocycles. The zero-order valence-corrected chi connectivity index (χ0v) is 21.3. The molecular weight excluding hydrogens is 534 g/mol. The van der Waals surface area contributed by atoms with Gasteiger partial charge < -0.3 is 31.6 Å². The second-order valence-electron chi connectivity index (χ2n) is 8.49. The van der Waals surface area contributed by atoms with Gasteiger partial charge in [0.05, 0.1) is 17.9 Å². The van der Waals surface area contributed by atoms with E-state index >= 15 is 0 Å². The number of carboxylic acid groups (broad SMARTS) is 1. The number of aliphatic hydroxyl groups is 1. The van der Waals surface area contributed by atoms with E-state index in [2.05, 4.69) is 27.5 Å². The average molecular weight is 562 g/mol. The van der Waals surface area contributed by atoms with Crippen molar-refractivity contribution in [2.75, 3.05) is 18.5 Å². The van der Waals surface area contributed by atoms with Gasteiger partial charge in [0, 0.05) is 36.1 Å². The van der Waals surface area contributed by atoms with Crippen molar-refractivity contribution in [3.05, 3.63) is 77.2 Å². The highest BCUT2D eigenvalue weighted by Gasteiger charge is 2.38. The number of rotatable bonds is 9. The first-order valence-corrected chi connectivity index (χ1v) is 12.0. The minimum atomic E-state index is -5.08. The molecular formula is C27H27F4N5O4. The van der Waals surface area contributed by atoms with Crippen LogP contribution in [0.4, 0.5) is 28.9 Å². The summed E-state index contributed by atoms with van der Waals surface area (Å²) in [6, 6.07) is 14.0. The molecule has 1 amide bonds. The molecule has 0 atom stereocenters. The number of fused-ring (bicyclic) bond motifs is 1. The van der Waals surface area contributed by atoms with Crippen LogP contribution in [0.25, 0.3) is 22.3 Å². The van der Waals surface area contributed by atoms with Crippen LogP contribution >= 0.6 is 0 Å². The maximum Gasteiger partial charge on any atom is 0.490 e. The van der Waals surface area contributed by atoms with Crippen LogP contribution < -0.4 is 16.4 Å². The fourth-order valence-corrected chi connectivity index (χ4v) is 3.95. The van der Waals surface area contributed by atoms with Crippen LogP contribution in [0.3, 0.4) is 0 Å². The number of H-pyrrole nitrogens is 1. The number of aromatic amines is 1. The van der Waals surface area contributed by atoms with Gasteiger partial charge in [-0.25, -0.2) is 14.2 Å². The second kappa shape index (κ2) is 13.0. The largest absolute Gasteiger partial charge is 0.490 e. The third-order valence-electron chi connectivity index (χ3n) is 5.81. The highest BCUT2D eigenvalue weighted by atomic mass is 19.4. The molecule has 4 rings (SSSR count). The number of nitrogens with two attached hydrogens (primary N) is 1. The van der Waals surface area contributed by atoms with E-state index in [4.69, 9.17) is 20.7 Å². The quantitative estimate of drug-likeness (QED) is 0.130. The van der Waals surface area contributed by atoms with Gasteiger partial charge in [-0.05, 0) is 59.5 Å². The summed E-state index contributed by atoms with van der Waals surface area (Å²) in [7, 11) is 0. The van der Waals surface area contributed by atoms with Crippen molar-refractivity contribution in [1.29, 1.82) is 0 Å². The average Bonchev–Trinajstić information content (AvgIpc) is 3.34. The van der Waals surface area contributed by atoms with Crippen molar-refractivity contribution in [2.45, 2.75) is 26.1 Å². The monoisotopic (exact) mass is 561 g/mol. The molecule has 0 radical (unpaired) electrons. The van der Waals surface area contributed by atoms with E-state index in [1.165, 1.54) is 18.3 Å². The van der Waals surface area contributed by atoms with E-state index < -0.39 is 18.1 Å². The number of pyridine rings is 1. The molecule has 2 aromatic carbocycles. The number of amides is 1. The molecule has 212 valence electrons. The van der Waals surface area contributed by atoms with E-state index in [9.17, 15) is 22.4 Å². The van der Waals surface area contributed by atoms with Crippen LogP contribution in [-0.2, 0) is 17.8 Å². The maximum absolute atomic E-state index is 13.4. The fourth-order valence-electron chi connectivity index (χ4n) is 3.95. The Morgan fingerprint density at radius 1 is 1.12 bits per heavy atom. The summed E-state index contributed by atoms with van der Waals surface area (Å²) in [5, 5.41) is 23.5. The number of halogens is 4. The molecule has 7 N–H and O–H groups in total. The summed E-state index contributed by atoms with van der Waals surface area (Å²) in [6.07, 6.45) is -2.86. The number of hydrogen-bond donors (Lipinski definition) is 6. The lowest BCUT2D eigenvalue weighted by Gasteiger charge is -2.17. The number of nitrogens with zero attached hydrogens (tertiary/aromatic N) is 1. The molecule has 0 aliphatic heterocycles. The highest BCUT2D eigenvalue weighted by molar-refractivity contribution is 6.08. The standard InChI is InChI=1S/C25H26FN5O2.C2HF3O2/c1-2-18-16(13-28-10-11-32)4-3-5-21(18)30-23-19-12-22(15-6-8-17(26)9-7-15)31-25(19)29-14-20(23)24(27)33;3-2(4,5)1(6)7/h3-9,12,14,28,32H,2,10-11,13H2,1H3,(H2,27,33)(H2,29,30,31);(H,6,7). The SMILES string of the molecule is CCc1c(CNCCO)cccc1Nc1c(C(N)=O)cnc2[nH]c(-c3ccc(F)cc3)cc12.O=C(O)C(F)(F)F. The number of alkyl halides is 3. The first-order valence-electron chi connectivity index (χ1n) is 12.0. The lowest BCUT2D eigenvalue weighted by atomic mass is 10.0. The zero-order valence-electron chi connectivity index (χ0n) is 21.3. The normalized spacial score (nSPS) is 11.2. The van der Waals surface area contributed by atoms with Crippen molar-refractivity contribution in [2.24, 2.45) is 5.73 Å². The summed E-state index contributed by atoms with van der Waals surface area (Å²) in [5.74, 6) is -3.66. The molecule has 0 saturated heterocycles. The van der Waals surface area contributed by atoms with Gasteiger partial charge in [-0.15, -0.1) is 0 Å². The summed E-state index contributed by atoms with van der Waals surface area (Å²) >= 11 is 0. The number of nitrogens with one attached hydrogen (secondary N) is 3. The van der Waals surface area contributed by atoms with Crippen molar-refractivity contribution in [1.82, 2.24) is 15.3 Å². The van der Waals surface area contributed by atoms with E-state index in [1.807, 2.05) is 24.3 Å². The third kappa shape index (κ3) is 7.33. The van der Waals surface area contributed by atoms with Crippen molar-refractivity contribution < 1.29 is 37.4 Å². The van der Waals surface area contributed by atoms with Crippen LogP contribution in [-0.4, -0.2) is 51.4 Å². The van der Waals surface area contributed by atoms with Crippen LogP contribution in [0.5, 0.6) is 0 Å². The Morgan fingerprint density at radius 2 is 1.80 bits per heavy atom. The lowest BCUT2D eigenvalue weighted by molar-refractivity contribution is -0.192. The summed E-state index contributed by atoms with van der Waals surface area (Å²) in [6.45, 7) is 3.26. The van der Waals surface area contributed by atoms with Crippen LogP contribution in [0.15, 0.2) is 54.7 Å². The predicted octanol–water partition coefficient (Wildman–Crippen LogP) is 4.49. The number of primary amides is 1. The lowest BCUT2D eigenvalue weighted by Crippen LogP contribution is -2.21. The van der Waals surface area contributed by atoms with E-state index in [0.29, 0.717) is 29.8 Å². The minimum absolute atomic E-state index is 0.0697. The number of carbonyl (C=O) groups is 2. The number of aliphatic hydroxyl groups excluding tert-OH is 1. The van der Waals surface area contributed by atoms with Crippen molar-refractivity contribution in [3.8, 4) is 11.3 Å². The van der Waals surface area contributed by atoms with Gasteiger partial charge in [0.25, 0.3) is 5.91 Å². The minimum Gasteiger partial charge on any atom is -0.475 e. The van der Waals surface area contributed by atoms with Gasteiger partial charge in [0.2, 0.25) is 0 Å². The molecule has 40 heavy (non-hydrogen) atoms. The van der Waals surface area contributed by atoms with E-state index in [0.717, 1.165) is 34.5 Å². The number of anilines is 2. The van der Waals surface area contributed by atoms with Crippen LogP contribution in [0.1, 0.15) is 28.4 Å². The topological polar surface area (TPSA) is 153 Å². The number of hydrogen-bond acceptors (Lipinski definition) is 6. The second-order valence-corrected chi connectivity index (χ2v) is 8.49. The Morgan fingerprint density at radius 3 is 2.38 bits per heavy atom. The van der Waals surface area contributed by atoms with Gasteiger partial charge in [-0.1, -0.05) is 19.1 Å². The Labute approximate surface area is 226 Å². The molecule has 13 heteroatoms. The molecule has 0 unspecified atom stereocenters. The van der Waals surface area contributed by atoms with Crippen LogP contribution in [0, 0.1) is 5.82 Å². The third-order valence-corrected chi connectivity index (χ3v) is 5.81. The van der Waals surface area contributed by atoms with Crippen LogP contribution in [0.2, 0.25) is 0 Å². The molecule has 0 aliphatic rings. The Bertz CT molecular complexity index is 1490. The molecule has 0 aliphatic carbocycles. The number of aliphatic carboxylic acids is 1. The summed E-state index contributed by atoms with van der Waals surface area (Å²) < 4.78 is 45.1. The molecule has 0 fully saturated rings. The fraction of sp³-hybridized carbons (Fsp3) is 0.222. The van der Waals surface area contributed by atoms with E-state index in [-0.39, 0.29) is 18.0 Å². The molecule has 4 aromatic rings. The van der Waals surface area contributed by atoms with Crippen molar-refractivity contribution in [3.63, 3.8) is 0 Å². The van der Waals surface area contributed by atoms with E-state index in [1.54, 1.807) is 12.1 Å². The number of carbonyl (C=O) groups excluding carboxylic acids is 1. The molecule has 0 saturated carbocycles. The molecule has 9 nitrogen and oxygen atoms in total. The Kier molecular flexibility index (Phi) is 9.80.